The first-order valence-electron chi connectivity index (χ1n) is 4.81. The molecule has 0 aromatic carbocycles. The summed E-state index contributed by atoms with van der Waals surface area (Å²) >= 11 is 4.63. The van der Waals surface area contributed by atoms with Crippen molar-refractivity contribution >= 4 is 45.0 Å². The van der Waals surface area contributed by atoms with E-state index in [0.717, 1.165) is 3.79 Å². The van der Waals surface area contributed by atoms with E-state index in [0.29, 0.717) is 5.56 Å². The Morgan fingerprint density at radius 2 is 2.22 bits per heavy atom. The number of carboxylic acids is 1. The summed E-state index contributed by atoms with van der Waals surface area (Å²) in [5.74, 6) is -1.49. The van der Waals surface area contributed by atoms with E-state index in [1.165, 1.54) is 29.7 Å². The Morgan fingerprint density at radius 3 is 2.83 bits per heavy atom. The standard InChI is InChI=1S/C11H7BrN2O3S/c12-8-4-6(5-18-8)10(15)14-9-7(11(16)17)2-1-3-13-9/h1-5H,(H,16,17)(H,13,14,15). The first-order chi connectivity index (χ1) is 8.58. The highest BCUT2D eigenvalue weighted by molar-refractivity contribution is 9.11. The molecule has 2 N–H and O–H groups in total. The molecule has 5 nitrogen and oxygen atoms in total. The Labute approximate surface area is 115 Å². The zero-order valence-electron chi connectivity index (χ0n) is 8.88. The first kappa shape index (κ1) is 12.7. The number of nitrogens with zero attached hydrogens (tertiary/aromatic N) is 1. The number of halogens is 1. The summed E-state index contributed by atoms with van der Waals surface area (Å²) in [5.41, 5.74) is 0.411. The fourth-order valence-electron chi connectivity index (χ4n) is 1.29. The van der Waals surface area contributed by atoms with E-state index in [4.69, 9.17) is 5.11 Å². The third kappa shape index (κ3) is 2.74. The van der Waals surface area contributed by atoms with Crippen LogP contribution in [0.4, 0.5) is 5.82 Å². The van der Waals surface area contributed by atoms with Gasteiger partial charge in [0, 0.05) is 11.6 Å². The minimum Gasteiger partial charge on any atom is -0.478 e. The fourth-order valence-corrected chi connectivity index (χ4v) is 2.42. The number of thiophene rings is 1. The largest absolute Gasteiger partial charge is 0.478 e. The highest BCUT2D eigenvalue weighted by Crippen LogP contribution is 2.21. The van der Waals surface area contributed by atoms with Crippen LogP contribution in [0.2, 0.25) is 0 Å². The number of aromatic carboxylic acids is 1. The average molecular weight is 327 g/mol. The molecule has 0 atom stereocenters. The van der Waals surface area contributed by atoms with Gasteiger partial charge in [0.05, 0.1) is 9.35 Å². The minimum atomic E-state index is -1.13. The molecule has 0 unspecified atom stereocenters. The molecule has 18 heavy (non-hydrogen) atoms. The number of anilines is 1. The van der Waals surface area contributed by atoms with Gasteiger partial charge in [-0.15, -0.1) is 11.3 Å². The Balaban J connectivity index is 2.24. The van der Waals surface area contributed by atoms with E-state index < -0.39 is 11.9 Å². The SMILES string of the molecule is O=C(Nc1ncccc1C(=O)O)c1csc(Br)c1. The van der Waals surface area contributed by atoms with Gasteiger partial charge in [-0.1, -0.05) is 0 Å². The van der Waals surface area contributed by atoms with Crippen molar-refractivity contribution in [2.24, 2.45) is 0 Å². The second-order valence-corrected chi connectivity index (χ2v) is 5.59. The fraction of sp³-hybridized carbons (Fsp3) is 0. The number of carbonyl (C=O) groups excluding carboxylic acids is 1. The van der Waals surface area contributed by atoms with Crippen molar-refractivity contribution in [2.45, 2.75) is 0 Å². The second-order valence-electron chi connectivity index (χ2n) is 3.30. The molecular formula is C11H7BrN2O3S. The lowest BCUT2D eigenvalue weighted by Crippen LogP contribution is -2.15. The highest BCUT2D eigenvalue weighted by Gasteiger charge is 2.14. The predicted octanol–water partition coefficient (Wildman–Crippen LogP) is 2.86. The lowest BCUT2D eigenvalue weighted by molar-refractivity contribution is 0.0697. The summed E-state index contributed by atoms with van der Waals surface area (Å²) < 4.78 is 0.826. The number of hydrogen-bond donors (Lipinski definition) is 2. The van der Waals surface area contributed by atoms with Crippen LogP contribution in [0.3, 0.4) is 0 Å². The van der Waals surface area contributed by atoms with E-state index in [1.54, 1.807) is 11.4 Å². The number of amides is 1. The molecule has 2 rings (SSSR count). The molecule has 0 saturated heterocycles. The van der Waals surface area contributed by atoms with E-state index in [9.17, 15) is 9.59 Å². The highest BCUT2D eigenvalue weighted by atomic mass is 79.9. The van der Waals surface area contributed by atoms with Crippen LogP contribution >= 0.6 is 27.3 Å². The van der Waals surface area contributed by atoms with Gasteiger partial charge >= 0.3 is 5.97 Å². The van der Waals surface area contributed by atoms with Gasteiger partial charge in [0.15, 0.2) is 0 Å². The van der Waals surface area contributed by atoms with Crippen LogP contribution in [0.15, 0.2) is 33.6 Å². The summed E-state index contributed by atoms with van der Waals surface area (Å²) in [5, 5.41) is 13.1. The second kappa shape index (κ2) is 5.28. The van der Waals surface area contributed by atoms with Gasteiger partial charge < -0.3 is 10.4 Å². The number of nitrogens with one attached hydrogen (secondary N) is 1. The van der Waals surface area contributed by atoms with Gasteiger partial charge in [-0.25, -0.2) is 9.78 Å². The molecule has 0 aliphatic carbocycles. The van der Waals surface area contributed by atoms with Gasteiger partial charge in [0.25, 0.3) is 5.91 Å². The van der Waals surface area contributed by atoms with Crippen molar-refractivity contribution in [2.75, 3.05) is 5.32 Å². The van der Waals surface area contributed by atoms with Crippen molar-refractivity contribution in [3.63, 3.8) is 0 Å². The minimum absolute atomic E-state index is 0.0392. The molecule has 0 bridgehead atoms. The van der Waals surface area contributed by atoms with Gasteiger partial charge in [-0.3, -0.25) is 4.79 Å². The van der Waals surface area contributed by atoms with Crippen molar-refractivity contribution in [3.05, 3.63) is 44.7 Å². The maximum Gasteiger partial charge on any atom is 0.339 e. The predicted molar refractivity (Wildman–Crippen MR) is 71.2 cm³/mol. The lowest BCUT2D eigenvalue weighted by Gasteiger charge is -2.05. The van der Waals surface area contributed by atoms with Crippen molar-refractivity contribution in [1.29, 1.82) is 0 Å². The average Bonchev–Trinajstić information content (AvgIpc) is 2.76. The zero-order chi connectivity index (χ0) is 13.1. The van der Waals surface area contributed by atoms with E-state index in [2.05, 4.69) is 26.2 Å². The van der Waals surface area contributed by atoms with Gasteiger partial charge in [-0.2, -0.15) is 0 Å². The Bertz CT molecular complexity index is 612. The molecule has 7 heteroatoms. The van der Waals surface area contributed by atoms with Gasteiger partial charge in [0.2, 0.25) is 0 Å². The molecule has 0 aliphatic rings. The Morgan fingerprint density at radius 1 is 1.44 bits per heavy atom. The first-order valence-corrected chi connectivity index (χ1v) is 6.49. The smallest absolute Gasteiger partial charge is 0.339 e. The van der Waals surface area contributed by atoms with Crippen LogP contribution in [-0.2, 0) is 0 Å². The van der Waals surface area contributed by atoms with Gasteiger partial charge in [-0.05, 0) is 34.1 Å². The van der Waals surface area contributed by atoms with Crippen LogP contribution in [0.1, 0.15) is 20.7 Å². The van der Waals surface area contributed by atoms with Gasteiger partial charge in [0.1, 0.15) is 11.4 Å². The van der Waals surface area contributed by atoms with E-state index in [1.807, 2.05) is 0 Å². The maximum atomic E-state index is 11.8. The normalized spacial score (nSPS) is 10.1. The van der Waals surface area contributed by atoms with E-state index >= 15 is 0 Å². The maximum absolute atomic E-state index is 11.8. The van der Waals surface area contributed by atoms with Crippen LogP contribution in [0.5, 0.6) is 0 Å². The molecule has 0 spiro atoms. The monoisotopic (exact) mass is 326 g/mol. The zero-order valence-corrected chi connectivity index (χ0v) is 11.3. The summed E-state index contributed by atoms with van der Waals surface area (Å²) in [4.78, 5) is 26.6. The van der Waals surface area contributed by atoms with Crippen molar-refractivity contribution < 1.29 is 14.7 Å². The Kier molecular flexibility index (Phi) is 3.73. The van der Waals surface area contributed by atoms with Crippen molar-refractivity contribution in [1.82, 2.24) is 4.98 Å². The summed E-state index contributed by atoms with van der Waals surface area (Å²) in [6.07, 6.45) is 1.42. The molecule has 2 aromatic rings. The number of carbonyl (C=O) groups is 2. The Hall–Kier alpha value is -1.73. The topological polar surface area (TPSA) is 79.3 Å². The number of pyridine rings is 1. The van der Waals surface area contributed by atoms with Crippen LogP contribution in [0, 0.1) is 0 Å². The molecule has 92 valence electrons. The number of carboxylic acid groups (broad SMARTS) is 1. The third-order valence-corrected chi connectivity index (χ3v) is 3.60. The van der Waals surface area contributed by atoms with Crippen LogP contribution in [0.25, 0.3) is 0 Å². The quantitative estimate of drug-likeness (QED) is 0.908. The third-order valence-electron chi connectivity index (χ3n) is 2.10. The number of aromatic nitrogens is 1. The molecule has 0 saturated carbocycles. The lowest BCUT2D eigenvalue weighted by atomic mass is 10.2. The van der Waals surface area contributed by atoms with Crippen LogP contribution < -0.4 is 5.32 Å². The number of rotatable bonds is 3. The molecule has 0 fully saturated rings. The van der Waals surface area contributed by atoms with Crippen molar-refractivity contribution in [3.8, 4) is 0 Å². The summed E-state index contributed by atoms with van der Waals surface area (Å²) in [6, 6.07) is 4.54. The molecule has 0 radical (unpaired) electrons. The molecular weight excluding hydrogens is 320 g/mol. The molecule has 2 heterocycles. The number of hydrogen-bond acceptors (Lipinski definition) is 4. The van der Waals surface area contributed by atoms with Crippen LogP contribution in [-0.4, -0.2) is 22.0 Å². The molecule has 0 aliphatic heterocycles. The molecule has 1 amide bonds. The molecule has 2 aromatic heterocycles. The summed E-state index contributed by atoms with van der Waals surface area (Å²) in [7, 11) is 0. The van der Waals surface area contributed by atoms with E-state index in [-0.39, 0.29) is 11.4 Å². The summed E-state index contributed by atoms with van der Waals surface area (Å²) in [6.45, 7) is 0.